The van der Waals surface area contributed by atoms with Crippen LogP contribution in [0.15, 0.2) is 42.5 Å². The van der Waals surface area contributed by atoms with E-state index in [0.29, 0.717) is 55.8 Å². The molecule has 0 unspecified atom stereocenters. The maximum atomic E-state index is 13.7. The lowest BCUT2D eigenvalue weighted by atomic mass is 9.73. The van der Waals surface area contributed by atoms with E-state index in [1.807, 2.05) is 44.2 Å². The zero-order valence-corrected chi connectivity index (χ0v) is 18.3. The number of hydrogen-bond donors (Lipinski definition) is 1. The highest BCUT2D eigenvalue weighted by atomic mass is 16.7. The van der Waals surface area contributed by atoms with Gasteiger partial charge in [0.25, 0.3) is 5.91 Å². The number of carbonyl (C=O) groups is 2. The molecule has 1 spiro atoms. The minimum atomic E-state index is -1.01. The topological polar surface area (TPSA) is 73.9 Å². The van der Waals surface area contributed by atoms with E-state index in [1.165, 1.54) is 0 Å². The van der Waals surface area contributed by atoms with E-state index in [2.05, 4.69) is 5.32 Å². The largest absolute Gasteiger partial charge is 0.496 e. The van der Waals surface area contributed by atoms with Crippen molar-refractivity contribution in [2.24, 2.45) is 0 Å². The second kappa shape index (κ2) is 8.44. The van der Waals surface area contributed by atoms with Gasteiger partial charge in [-0.3, -0.25) is 9.59 Å². The maximum absolute atomic E-state index is 13.7. The zero-order valence-electron chi connectivity index (χ0n) is 18.3. The molecular formula is C25H29NO5. The molecule has 0 bridgehead atoms. The summed E-state index contributed by atoms with van der Waals surface area (Å²) in [7, 11) is 1.58. The lowest BCUT2D eigenvalue weighted by molar-refractivity contribution is -0.182. The summed E-state index contributed by atoms with van der Waals surface area (Å²) < 4.78 is 17.1. The van der Waals surface area contributed by atoms with Crippen LogP contribution < -0.4 is 10.1 Å². The molecule has 1 saturated heterocycles. The molecule has 6 nitrogen and oxygen atoms in total. The van der Waals surface area contributed by atoms with Crippen LogP contribution in [-0.2, 0) is 9.47 Å². The highest BCUT2D eigenvalue weighted by molar-refractivity contribution is 6.07. The van der Waals surface area contributed by atoms with Crippen molar-refractivity contribution >= 4 is 11.7 Å². The number of nitrogens with one attached hydrogen (secondary N) is 1. The molecule has 1 amide bonds. The summed E-state index contributed by atoms with van der Waals surface area (Å²) in [5, 5.41) is 3.11. The summed E-state index contributed by atoms with van der Waals surface area (Å²) in [6, 6.07) is 12.9. The van der Waals surface area contributed by atoms with E-state index in [0.717, 1.165) is 11.1 Å². The number of carbonyl (C=O) groups excluding carboxylic acids is 2. The number of hydrogen-bond acceptors (Lipinski definition) is 5. The molecule has 0 aromatic heterocycles. The van der Waals surface area contributed by atoms with E-state index < -0.39 is 11.3 Å². The number of methoxy groups -OCH3 is 1. The Morgan fingerprint density at radius 2 is 1.65 bits per heavy atom. The Kier molecular flexibility index (Phi) is 5.86. The number of ketones is 1. The van der Waals surface area contributed by atoms with Gasteiger partial charge in [0.1, 0.15) is 11.3 Å². The van der Waals surface area contributed by atoms with Crippen molar-refractivity contribution < 1.29 is 23.8 Å². The molecule has 2 aromatic carbocycles. The summed E-state index contributed by atoms with van der Waals surface area (Å²) in [6.45, 7) is 4.93. The Morgan fingerprint density at radius 3 is 2.29 bits per heavy atom. The second-order valence-electron chi connectivity index (χ2n) is 8.48. The van der Waals surface area contributed by atoms with E-state index in [1.54, 1.807) is 19.2 Å². The third-order valence-corrected chi connectivity index (χ3v) is 6.50. The van der Waals surface area contributed by atoms with Crippen LogP contribution in [0.4, 0.5) is 0 Å². The third kappa shape index (κ3) is 4.10. The molecule has 1 heterocycles. The lowest BCUT2D eigenvalue weighted by Crippen LogP contribution is -2.59. The average molecular weight is 424 g/mol. The fourth-order valence-corrected chi connectivity index (χ4v) is 4.68. The van der Waals surface area contributed by atoms with Crippen molar-refractivity contribution in [1.82, 2.24) is 5.32 Å². The summed E-state index contributed by atoms with van der Waals surface area (Å²) in [5.74, 6) is -0.339. The minimum Gasteiger partial charge on any atom is -0.496 e. The highest BCUT2D eigenvalue weighted by Gasteiger charge is 2.50. The van der Waals surface area contributed by atoms with Crippen molar-refractivity contribution in [3.8, 4) is 5.75 Å². The predicted molar refractivity (Wildman–Crippen MR) is 117 cm³/mol. The summed E-state index contributed by atoms with van der Waals surface area (Å²) in [4.78, 5) is 27.1. The fourth-order valence-electron chi connectivity index (χ4n) is 4.68. The highest BCUT2D eigenvalue weighted by Crippen LogP contribution is 2.42. The van der Waals surface area contributed by atoms with Crippen LogP contribution in [0.3, 0.4) is 0 Å². The summed E-state index contributed by atoms with van der Waals surface area (Å²) >= 11 is 0. The van der Waals surface area contributed by atoms with Crippen LogP contribution in [0, 0.1) is 13.8 Å². The molecule has 2 fully saturated rings. The van der Waals surface area contributed by atoms with Gasteiger partial charge in [-0.05, 0) is 44.9 Å². The Bertz CT molecular complexity index is 983. The van der Waals surface area contributed by atoms with Gasteiger partial charge in [0.15, 0.2) is 11.6 Å². The first-order chi connectivity index (χ1) is 14.9. The molecule has 1 aliphatic carbocycles. The molecule has 0 radical (unpaired) electrons. The van der Waals surface area contributed by atoms with Gasteiger partial charge in [-0.2, -0.15) is 0 Å². The first-order valence-electron chi connectivity index (χ1n) is 10.7. The number of aryl methyl sites for hydroxylation is 1. The standard InChI is InChI=1S/C25H29NO5/c1-17-6-4-7-19(16-17)22(27)24(10-12-25(13-11-24)30-14-15-31-25)26-23(28)20-8-5-9-21(29-3)18(20)2/h4-9,16H,10-15H2,1-3H3,(H,26,28). The number of Topliss-reactive ketones (excluding diaryl/α,β-unsaturated/α-hetero) is 1. The molecule has 1 N–H and O–H groups in total. The van der Waals surface area contributed by atoms with Crippen molar-refractivity contribution in [3.63, 3.8) is 0 Å². The first-order valence-corrected chi connectivity index (χ1v) is 10.7. The van der Waals surface area contributed by atoms with Gasteiger partial charge in [-0.25, -0.2) is 0 Å². The van der Waals surface area contributed by atoms with Gasteiger partial charge in [0.2, 0.25) is 0 Å². The fraction of sp³-hybridized carbons (Fsp3) is 0.440. The monoisotopic (exact) mass is 423 g/mol. The van der Waals surface area contributed by atoms with Crippen LogP contribution in [-0.4, -0.2) is 43.3 Å². The molecule has 2 aliphatic rings. The molecule has 0 atom stereocenters. The van der Waals surface area contributed by atoms with E-state index >= 15 is 0 Å². The molecule has 1 saturated carbocycles. The zero-order chi connectivity index (χ0) is 22.1. The number of benzene rings is 2. The third-order valence-electron chi connectivity index (χ3n) is 6.50. The van der Waals surface area contributed by atoms with Crippen molar-refractivity contribution in [3.05, 3.63) is 64.7 Å². The van der Waals surface area contributed by atoms with Crippen molar-refractivity contribution in [1.29, 1.82) is 0 Å². The quantitative estimate of drug-likeness (QED) is 0.737. The van der Waals surface area contributed by atoms with Crippen LogP contribution in [0.25, 0.3) is 0 Å². The number of rotatable bonds is 5. The Hall–Kier alpha value is -2.70. The molecular weight excluding hydrogens is 394 g/mol. The lowest BCUT2D eigenvalue weighted by Gasteiger charge is -2.43. The molecule has 164 valence electrons. The smallest absolute Gasteiger partial charge is 0.252 e. The number of amides is 1. The van der Waals surface area contributed by atoms with Gasteiger partial charge in [0, 0.05) is 29.5 Å². The van der Waals surface area contributed by atoms with Gasteiger partial charge in [-0.15, -0.1) is 0 Å². The maximum Gasteiger partial charge on any atom is 0.252 e. The summed E-state index contributed by atoms with van der Waals surface area (Å²) in [6.07, 6.45) is 2.02. The van der Waals surface area contributed by atoms with Gasteiger partial charge >= 0.3 is 0 Å². The van der Waals surface area contributed by atoms with Crippen LogP contribution >= 0.6 is 0 Å². The predicted octanol–water partition coefficient (Wildman–Crippen LogP) is 3.98. The van der Waals surface area contributed by atoms with Gasteiger partial charge < -0.3 is 19.5 Å². The minimum absolute atomic E-state index is 0.0713. The second-order valence-corrected chi connectivity index (χ2v) is 8.48. The van der Waals surface area contributed by atoms with Gasteiger partial charge in [0.05, 0.1) is 20.3 Å². The average Bonchev–Trinajstić information content (AvgIpc) is 3.23. The van der Waals surface area contributed by atoms with Crippen LogP contribution in [0.2, 0.25) is 0 Å². The Morgan fingerprint density at radius 1 is 0.968 bits per heavy atom. The molecule has 2 aromatic rings. The summed E-state index contributed by atoms with van der Waals surface area (Å²) in [5.41, 5.74) is 1.85. The van der Waals surface area contributed by atoms with Crippen molar-refractivity contribution in [2.45, 2.75) is 50.9 Å². The van der Waals surface area contributed by atoms with Gasteiger partial charge in [-0.1, -0.05) is 29.8 Å². The molecule has 6 heteroatoms. The number of ether oxygens (including phenoxy) is 3. The Balaban J connectivity index is 1.66. The first kappa shape index (κ1) is 21.5. The van der Waals surface area contributed by atoms with E-state index in [9.17, 15) is 9.59 Å². The molecule has 4 rings (SSSR count). The molecule has 31 heavy (non-hydrogen) atoms. The van der Waals surface area contributed by atoms with Crippen molar-refractivity contribution in [2.75, 3.05) is 20.3 Å². The van der Waals surface area contributed by atoms with E-state index in [-0.39, 0.29) is 11.7 Å². The Labute approximate surface area is 182 Å². The SMILES string of the molecule is COc1cccc(C(=O)NC2(C(=O)c3cccc(C)c3)CCC3(CC2)OCCO3)c1C. The van der Waals surface area contributed by atoms with E-state index in [4.69, 9.17) is 14.2 Å². The normalized spacial score (nSPS) is 19.2. The van der Waals surface area contributed by atoms with Crippen LogP contribution in [0.1, 0.15) is 57.5 Å². The molecule has 1 aliphatic heterocycles. The van der Waals surface area contributed by atoms with Crippen LogP contribution in [0.5, 0.6) is 5.75 Å².